The van der Waals surface area contributed by atoms with Gasteiger partial charge in [-0.1, -0.05) is 6.92 Å². The number of nitrogens with two attached hydrogens (primary N) is 1. The zero-order valence-corrected chi connectivity index (χ0v) is 9.39. The van der Waals surface area contributed by atoms with Gasteiger partial charge in [-0.2, -0.15) is 0 Å². The smallest absolute Gasteiger partial charge is 0.225 e. The van der Waals surface area contributed by atoms with Crippen LogP contribution >= 0.6 is 0 Å². The van der Waals surface area contributed by atoms with E-state index >= 15 is 0 Å². The van der Waals surface area contributed by atoms with Gasteiger partial charge in [-0.25, -0.2) is 9.97 Å². The standard InChI is InChI=1S/C11H16N4O/c1-11(9(12)16)3-7-15(8-4-11)10-13-5-2-6-14-10/h2,5-6H,3-4,7-8H2,1H3,(H2,12,16). The third kappa shape index (κ3) is 1.98. The third-order valence-electron chi connectivity index (χ3n) is 3.30. The van der Waals surface area contributed by atoms with E-state index in [0.717, 1.165) is 31.9 Å². The van der Waals surface area contributed by atoms with Gasteiger partial charge in [-0.3, -0.25) is 4.79 Å². The molecule has 1 aliphatic rings. The van der Waals surface area contributed by atoms with Crippen LogP contribution in [0.15, 0.2) is 18.5 Å². The lowest BCUT2D eigenvalue weighted by Gasteiger charge is -2.37. The highest BCUT2D eigenvalue weighted by Crippen LogP contribution is 2.31. The molecule has 2 rings (SSSR count). The first-order valence-electron chi connectivity index (χ1n) is 5.44. The van der Waals surface area contributed by atoms with Crippen LogP contribution in [0.1, 0.15) is 19.8 Å². The molecule has 0 bridgehead atoms. The highest BCUT2D eigenvalue weighted by molar-refractivity contribution is 5.80. The highest BCUT2D eigenvalue weighted by Gasteiger charge is 2.35. The number of amides is 1. The Morgan fingerprint density at radius 1 is 1.38 bits per heavy atom. The fourth-order valence-corrected chi connectivity index (χ4v) is 1.90. The monoisotopic (exact) mass is 220 g/mol. The van der Waals surface area contributed by atoms with Crippen LogP contribution in [0.4, 0.5) is 5.95 Å². The first kappa shape index (κ1) is 10.9. The molecule has 0 aliphatic carbocycles. The molecule has 0 spiro atoms. The van der Waals surface area contributed by atoms with E-state index in [-0.39, 0.29) is 11.3 Å². The average Bonchev–Trinajstić information content (AvgIpc) is 2.31. The molecule has 1 saturated heterocycles. The van der Waals surface area contributed by atoms with E-state index in [1.807, 2.05) is 6.92 Å². The average molecular weight is 220 g/mol. The van der Waals surface area contributed by atoms with Gasteiger partial charge < -0.3 is 10.6 Å². The van der Waals surface area contributed by atoms with Gasteiger partial charge in [0.05, 0.1) is 0 Å². The molecule has 2 heterocycles. The molecule has 1 aromatic heterocycles. The number of hydrogen-bond donors (Lipinski definition) is 1. The Balaban J connectivity index is 2.03. The molecular formula is C11H16N4O. The molecule has 16 heavy (non-hydrogen) atoms. The van der Waals surface area contributed by atoms with Crippen LogP contribution in [0.2, 0.25) is 0 Å². The molecule has 0 atom stereocenters. The molecule has 0 saturated carbocycles. The second-order valence-corrected chi connectivity index (χ2v) is 4.46. The summed E-state index contributed by atoms with van der Waals surface area (Å²) >= 11 is 0. The first-order valence-corrected chi connectivity index (χ1v) is 5.44. The Kier molecular flexibility index (Phi) is 2.77. The SMILES string of the molecule is CC1(C(N)=O)CCN(c2ncccn2)CC1. The van der Waals surface area contributed by atoms with Crippen molar-refractivity contribution in [3.8, 4) is 0 Å². The summed E-state index contributed by atoms with van der Waals surface area (Å²) < 4.78 is 0. The number of carbonyl (C=O) groups is 1. The number of rotatable bonds is 2. The van der Waals surface area contributed by atoms with Gasteiger partial charge in [-0.15, -0.1) is 0 Å². The van der Waals surface area contributed by atoms with Crippen LogP contribution in [0.25, 0.3) is 0 Å². The van der Waals surface area contributed by atoms with Crippen LogP contribution in [-0.4, -0.2) is 29.0 Å². The number of carbonyl (C=O) groups excluding carboxylic acids is 1. The normalized spacial score (nSPS) is 19.4. The molecule has 0 unspecified atom stereocenters. The lowest BCUT2D eigenvalue weighted by molar-refractivity contribution is -0.127. The minimum atomic E-state index is -0.370. The van der Waals surface area contributed by atoms with E-state index in [2.05, 4.69) is 14.9 Å². The van der Waals surface area contributed by atoms with Crippen molar-refractivity contribution < 1.29 is 4.79 Å². The maximum Gasteiger partial charge on any atom is 0.225 e. The fourth-order valence-electron chi connectivity index (χ4n) is 1.90. The molecule has 1 aliphatic heterocycles. The van der Waals surface area contributed by atoms with E-state index < -0.39 is 0 Å². The van der Waals surface area contributed by atoms with Gasteiger partial charge in [0.1, 0.15) is 0 Å². The van der Waals surface area contributed by atoms with Crippen LogP contribution in [0.5, 0.6) is 0 Å². The molecule has 86 valence electrons. The lowest BCUT2D eigenvalue weighted by Crippen LogP contribution is -2.45. The third-order valence-corrected chi connectivity index (χ3v) is 3.30. The van der Waals surface area contributed by atoms with Gasteiger partial charge in [0.15, 0.2) is 0 Å². The van der Waals surface area contributed by atoms with Crippen molar-refractivity contribution in [2.24, 2.45) is 11.1 Å². The number of nitrogens with zero attached hydrogens (tertiary/aromatic N) is 3. The summed E-state index contributed by atoms with van der Waals surface area (Å²) in [7, 11) is 0. The second kappa shape index (κ2) is 4.08. The van der Waals surface area contributed by atoms with Crippen LogP contribution in [0.3, 0.4) is 0 Å². The quantitative estimate of drug-likeness (QED) is 0.790. The zero-order valence-electron chi connectivity index (χ0n) is 9.39. The van der Waals surface area contributed by atoms with E-state index in [1.165, 1.54) is 0 Å². The zero-order chi connectivity index (χ0) is 11.6. The maximum absolute atomic E-state index is 11.3. The molecule has 0 radical (unpaired) electrons. The number of primary amides is 1. The Hall–Kier alpha value is -1.65. The Morgan fingerprint density at radius 3 is 2.44 bits per heavy atom. The van der Waals surface area contributed by atoms with Crippen molar-refractivity contribution in [3.63, 3.8) is 0 Å². The second-order valence-electron chi connectivity index (χ2n) is 4.46. The topological polar surface area (TPSA) is 72.1 Å². The molecule has 1 fully saturated rings. The van der Waals surface area contributed by atoms with E-state index in [4.69, 9.17) is 5.73 Å². The van der Waals surface area contributed by atoms with Gasteiger partial charge in [0, 0.05) is 30.9 Å². The molecular weight excluding hydrogens is 204 g/mol. The first-order chi connectivity index (χ1) is 7.62. The highest BCUT2D eigenvalue weighted by atomic mass is 16.1. The lowest BCUT2D eigenvalue weighted by atomic mass is 9.80. The van der Waals surface area contributed by atoms with E-state index in [9.17, 15) is 4.79 Å². The van der Waals surface area contributed by atoms with E-state index in [0.29, 0.717) is 0 Å². The minimum absolute atomic E-state index is 0.207. The molecule has 5 heteroatoms. The number of piperidine rings is 1. The molecule has 2 N–H and O–H groups in total. The van der Waals surface area contributed by atoms with Crippen LogP contribution < -0.4 is 10.6 Å². The van der Waals surface area contributed by atoms with Gasteiger partial charge >= 0.3 is 0 Å². The molecule has 1 aromatic rings. The Bertz CT molecular complexity index is 371. The van der Waals surface area contributed by atoms with Gasteiger partial charge in [0.25, 0.3) is 0 Å². The van der Waals surface area contributed by atoms with Crippen molar-refractivity contribution in [3.05, 3.63) is 18.5 Å². The number of aromatic nitrogens is 2. The predicted octanol–water partition coefficient (Wildman–Crippen LogP) is 0.568. The fraction of sp³-hybridized carbons (Fsp3) is 0.545. The Morgan fingerprint density at radius 2 is 1.94 bits per heavy atom. The Labute approximate surface area is 94.7 Å². The predicted molar refractivity (Wildman–Crippen MR) is 60.8 cm³/mol. The molecule has 5 nitrogen and oxygen atoms in total. The number of hydrogen-bond acceptors (Lipinski definition) is 4. The summed E-state index contributed by atoms with van der Waals surface area (Å²) in [5.41, 5.74) is 5.03. The minimum Gasteiger partial charge on any atom is -0.369 e. The van der Waals surface area contributed by atoms with Gasteiger partial charge in [0.2, 0.25) is 11.9 Å². The van der Waals surface area contributed by atoms with Crippen LogP contribution in [-0.2, 0) is 4.79 Å². The van der Waals surface area contributed by atoms with E-state index in [1.54, 1.807) is 18.5 Å². The summed E-state index contributed by atoms with van der Waals surface area (Å²) in [5, 5.41) is 0. The van der Waals surface area contributed by atoms with Crippen molar-refractivity contribution in [1.82, 2.24) is 9.97 Å². The van der Waals surface area contributed by atoms with Gasteiger partial charge in [-0.05, 0) is 18.9 Å². The van der Waals surface area contributed by atoms with Crippen molar-refractivity contribution in [1.29, 1.82) is 0 Å². The van der Waals surface area contributed by atoms with Crippen molar-refractivity contribution in [2.45, 2.75) is 19.8 Å². The summed E-state index contributed by atoms with van der Waals surface area (Å²) in [6.07, 6.45) is 4.98. The van der Waals surface area contributed by atoms with Crippen molar-refractivity contribution >= 4 is 11.9 Å². The largest absolute Gasteiger partial charge is 0.369 e. The summed E-state index contributed by atoms with van der Waals surface area (Å²) in [5.74, 6) is 0.523. The van der Waals surface area contributed by atoms with Crippen LogP contribution in [0, 0.1) is 5.41 Å². The summed E-state index contributed by atoms with van der Waals surface area (Å²) in [6.45, 7) is 3.49. The van der Waals surface area contributed by atoms with Crippen molar-refractivity contribution in [2.75, 3.05) is 18.0 Å². The summed E-state index contributed by atoms with van der Waals surface area (Å²) in [4.78, 5) is 21.8. The molecule has 1 amide bonds. The summed E-state index contributed by atoms with van der Waals surface area (Å²) in [6, 6.07) is 1.79. The molecule has 0 aromatic carbocycles. The maximum atomic E-state index is 11.3. The number of anilines is 1.